The Bertz CT molecular complexity index is 1110. The third-order valence-corrected chi connectivity index (χ3v) is 7.25. The Morgan fingerprint density at radius 2 is 1.90 bits per heavy atom. The van der Waals surface area contributed by atoms with E-state index in [1.807, 2.05) is 19.9 Å². The fraction of sp³-hybridized carbons (Fsp3) is 0.435. The van der Waals surface area contributed by atoms with E-state index in [0.29, 0.717) is 5.92 Å². The van der Waals surface area contributed by atoms with Crippen LogP contribution in [-0.4, -0.2) is 29.0 Å². The molecule has 0 unspecified atom stereocenters. The fourth-order valence-electron chi connectivity index (χ4n) is 4.24. The first-order valence-corrected chi connectivity index (χ1v) is 11.3. The van der Waals surface area contributed by atoms with Gasteiger partial charge in [-0.25, -0.2) is 9.97 Å². The normalized spacial score (nSPS) is 16.6. The molecule has 1 N–H and O–H groups in total. The van der Waals surface area contributed by atoms with Crippen LogP contribution >= 0.6 is 11.3 Å². The molecule has 5 nitrogen and oxygen atoms in total. The van der Waals surface area contributed by atoms with Gasteiger partial charge >= 0.3 is 0 Å². The predicted octanol–water partition coefficient (Wildman–Crippen LogP) is 5.35. The molecule has 1 amide bonds. The Morgan fingerprint density at radius 3 is 2.59 bits per heavy atom. The van der Waals surface area contributed by atoms with E-state index in [2.05, 4.69) is 29.3 Å². The Kier molecular flexibility index (Phi) is 4.54. The van der Waals surface area contributed by atoms with Gasteiger partial charge in [-0.3, -0.25) is 4.79 Å². The fourth-order valence-corrected chi connectivity index (χ4v) is 5.37. The molecule has 2 aromatic heterocycles. The number of fused-ring (bicyclic) bond motifs is 1. The molecule has 0 atom stereocenters. The highest BCUT2D eigenvalue weighted by Crippen LogP contribution is 2.40. The number of aryl methyl sites for hydroxylation is 3. The van der Waals surface area contributed by atoms with Gasteiger partial charge in [0.05, 0.1) is 10.6 Å². The molecule has 2 aliphatic rings. The molecule has 1 saturated heterocycles. The Hall–Kier alpha value is -2.47. The van der Waals surface area contributed by atoms with Crippen LogP contribution in [-0.2, 0) is 0 Å². The van der Waals surface area contributed by atoms with Crippen molar-refractivity contribution in [3.63, 3.8) is 0 Å². The third kappa shape index (κ3) is 3.39. The molecule has 0 bridgehead atoms. The largest absolute Gasteiger partial charge is 0.372 e. The van der Waals surface area contributed by atoms with Gasteiger partial charge in [-0.15, -0.1) is 11.3 Å². The molecular formula is C23H26N4OS. The van der Waals surface area contributed by atoms with Crippen molar-refractivity contribution >= 4 is 38.8 Å². The minimum Gasteiger partial charge on any atom is -0.372 e. The summed E-state index contributed by atoms with van der Waals surface area (Å²) in [6, 6.07) is 6.32. The van der Waals surface area contributed by atoms with Crippen molar-refractivity contribution < 1.29 is 4.79 Å². The zero-order chi connectivity index (χ0) is 20.1. The minimum absolute atomic E-state index is 0.0603. The van der Waals surface area contributed by atoms with Crippen LogP contribution in [0.25, 0.3) is 10.2 Å². The Labute approximate surface area is 175 Å². The molecule has 29 heavy (non-hydrogen) atoms. The van der Waals surface area contributed by atoms with Crippen molar-refractivity contribution in [3.8, 4) is 0 Å². The average Bonchev–Trinajstić information content (AvgIpc) is 3.29. The van der Waals surface area contributed by atoms with Gasteiger partial charge < -0.3 is 10.2 Å². The molecule has 1 saturated carbocycles. The molecule has 1 aliphatic carbocycles. The van der Waals surface area contributed by atoms with E-state index in [1.54, 1.807) is 0 Å². The lowest BCUT2D eigenvalue weighted by Crippen LogP contribution is -2.18. The summed E-state index contributed by atoms with van der Waals surface area (Å²) in [6.07, 6.45) is 4.87. The second-order valence-corrected chi connectivity index (χ2v) is 9.32. The average molecular weight is 407 g/mol. The summed E-state index contributed by atoms with van der Waals surface area (Å²) in [5, 5.41) is 4.15. The lowest BCUT2D eigenvalue weighted by Gasteiger charge is -2.19. The van der Waals surface area contributed by atoms with Crippen molar-refractivity contribution in [1.29, 1.82) is 0 Å². The molecule has 1 aliphatic heterocycles. The number of carbonyl (C=O) groups is 1. The molecule has 5 rings (SSSR count). The lowest BCUT2D eigenvalue weighted by molar-refractivity contribution is 0.103. The van der Waals surface area contributed by atoms with Crippen LogP contribution in [0.15, 0.2) is 18.2 Å². The number of benzene rings is 1. The second kappa shape index (κ2) is 7.10. The third-order valence-electron chi connectivity index (χ3n) is 6.07. The monoisotopic (exact) mass is 406 g/mol. The van der Waals surface area contributed by atoms with Crippen LogP contribution in [0.5, 0.6) is 0 Å². The standard InChI is InChI=1S/C23H26N4OS/c1-13-12-17(27-10-4-5-11-27)8-9-18(13)25-22(28)20-14(2)19-15(3)24-21(16-6-7-16)26-23(19)29-20/h8-9,12,16H,4-7,10-11H2,1-3H3,(H,25,28). The molecule has 0 radical (unpaired) electrons. The molecule has 6 heteroatoms. The summed E-state index contributed by atoms with van der Waals surface area (Å²) in [5.74, 6) is 1.39. The van der Waals surface area contributed by atoms with Crippen molar-refractivity contribution in [3.05, 3.63) is 45.7 Å². The van der Waals surface area contributed by atoms with Gasteiger partial charge in [-0.2, -0.15) is 0 Å². The van der Waals surface area contributed by atoms with E-state index in [-0.39, 0.29) is 5.91 Å². The highest BCUT2D eigenvalue weighted by Gasteiger charge is 2.28. The number of carbonyl (C=O) groups excluding carboxylic acids is 1. The van der Waals surface area contributed by atoms with E-state index in [4.69, 9.17) is 9.97 Å². The predicted molar refractivity (Wildman–Crippen MR) is 119 cm³/mol. The molecule has 3 heterocycles. The maximum absolute atomic E-state index is 13.1. The molecule has 150 valence electrons. The van der Waals surface area contributed by atoms with E-state index in [1.165, 1.54) is 42.7 Å². The van der Waals surface area contributed by atoms with Gasteiger partial charge in [-0.1, -0.05) is 0 Å². The van der Waals surface area contributed by atoms with Gasteiger partial charge in [0.2, 0.25) is 0 Å². The lowest BCUT2D eigenvalue weighted by atomic mass is 10.1. The number of nitrogens with one attached hydrogen (secondary N) is 1. The van der Waals surface area contributed by atoms with Crippen LogP contribution in [0.4, 0.5) is 11.4 Å². The van der Waals surface area contributed by atoms with Crippen molar-refractivity contribution in [2.24, 2.45) is 0 Å². The number of anilines is 2. The van der Waals surface area contributed by atoms with E-state index >= 15 is 0 Å². The highest BCUT2D eigenvalue weighted by molar-refractivity contribution is 7.20. The quantitative estimate of drug-likeness (QED) is 0.635. The van der Waals surface area contributed by atoms with Crippen LogP contribution in [0.3, 0.4) is 0 Å². The van der Waals surface area contributed by atoms with Crippen molar-refractivity contribution in [2.75, 3.05) is 23.3 Å². The number of hydrogen-bond donors (Lipinski definition) is 1. The van der Waals surface area contributed by atoms with Gasteiger partial charge in [0.25, 0.3) is 5.91 Å². The second-order valence-electron chi connectivity index (χ2n) is 8.33. The summed E-state index contributed by atoms with van der Waals surface area (Å²) >= 11 is 1.48. The van der Waals surface area contributed by atoms with Gasteiger partial charge in [-0.05, 0) is 75.8 Å². The summed E-state index contributed by atoms with van der Waals surface area (Å²) in [5.41, 5.74) is 5.17. The van der Waals surface area contributed by atoms with Crippen LogP contribution in [0.1, 0.15) is 63.9 Å². The van der Waals surface area contributed by atoms with Crippen LogP contribution < -0.4 is 10.2 Å². The maximum Gasteiger partial charge on any atom is 0.266 e. The van der Waals surface area contributed by atoms with E-state index < -0.39 is 0 Å². The maximum atomic E-state index is 13.1. The Morgan fingerprint density at radius 1 is 1.14 bits per heavy atom. The number of rotatable bonds is 4. The number of thiophene rings is 1. The molecule has 2 fully saturated rings. The van der Waals surface area contributed by atoms with Crippen molar-refractivity contribution in [1.82, 2.24) is 9.97 Å². The Balaban J connectivity index is 1.42. The summed E-state index contributed by atoms with van der Waals surface area (Å²) < 4.78 is 0. The first-order chi connectivity index (χ1) is 14.0. The summed E-state index contributed by atoms with van der Waals surface area (Å²) in [6.45, 7) is 8.33. The van der Waals surface area contributed by atoms with Crippen molar-refractivity contribution in [2.45, 2.75) is 52.4 Å². The SMILES string of the molecule is Cc1cc(N2CCCC2)ccc1NC(=O)c1sc2nc(C3CC3)nc(C)c2c1C. The molecule has 3 aromatic rings. The minimum atomic E-state index is -0.0603. The molecule has 0 spiro atoms. The summed E-state index contributed by atoms with van der Waals surface area (Å²) in [4.78, 5) is 26.6. The smallest absolute Gasteiger partial charge is 0.266 e. The zero-order valence-electron chi connectivity index (χ0n) is 17.2. The topological polar surface area (TPSA) is 58.1 Å². The summed E-state index contributed by atoms with van der Waals surface area (Å²) in [7, 11) is 0. The van der Waals surface area contributed by atoms with E-state index in [0.717, 1.165) is 56.5 Å². The van der Waals surface area contributed by atoms with Gasteiger partial charge in [0, 0.05) is 35.8 Å². The van der Waals surface area contributed by atoms with Crippen LogP contribution in [0, 0.1) is 20.8 Å². The van der Waals surface area contributed by atoms with E-state index in [9.17, 15) is 4.79 Å². The first kappa shape index (κ1) is 18.6. The number of aromatic nitrogens is 2. The van der Waals surface area contributed by atoms with Crippen LogP contribution in [0.2, 0.25) is 0 Å². The zero-order valence-corrected chi connectivity index (χ0v) is 18.0. The van der Waals surface area contributed by atoms with Gasteiger partial charge in [0.15, 0.2) is 0 Å². The molecule has 1 aromatic carbocycles. The highest BCUT2D eigenvalue weighted by atomic mass is 32.1. The first-order valence-electron chi connectivity index (χ1n) is 10.5. The number of hydrogen-bond acceptors (Lipinski definition) is 5. The van der Waals surface area contributed by atoms with Gasteiger partial charge in [0.1, 0.15) is 10.7 Å². The number of amides is 1. The number of nitrogens with zero attached hydrogens (tertiary/aromatic N) is 3. The molecular weight excluding hydrogens is 380 g/mol.